The van der Waals surface area contributed by atoms with Gasteiger partial charge in [-0.3, -0.25) is 4.79 Å². The van der Waals surface area contributed by atoms with Crippen molar-refractivity contribution in [1.29, 1.82) is 0 Å². The maximum atomic E-state index is 11.7. The molecule has 0 bridgehead atoms. The molecular formula is C12H16N2O. The van der Waals surface area contributed by atoms with Crippen LogP contribution in [0.3, 0.4) is 0 Å². The van der Waals surface area contributed by atoms with Crippen LogP contribution in [-0.2, 0) is 4.79 Å². The highest BCUT2D eigenvalue weighted by atomic mass is 16.2. The second kappa shape index (κ2) is 3.66. The lowest BCUT2D eigenvalue weighted by Crippen LogP contribution is -2.16. The third-order valence-corrected chi connectivity index (χ3v) is 2.91. The smallest absolute Gasteiger partial charge is 0.232 e. The van der Waals surface area contributed by atoms with Gasteiger partial charge in [0.1, 0.15) is 0 Å². The molecule has 80 valence electrons. The maximum absolute atomic E-state index is 11.7. The van der Waals surface area contributed by atoms with Crippen molar-refractivity contribution in [3.8, 4) is 0 Å². The van der Waals surface area contributed by atoms with Crippen molar-refractivity contribution in [2.24, 2.45) is 5.73 Å². The maximum Gasteiger partial charge on any atom is 0.232 e. The third kappa shape index (κ3) is 1.63. The standard InChI is InChI=1S/C12H16N2O/c1-7-5-8(2)11-9(3-4-13)12(15)14-10(11)6-7/h5-6,9H,3-4,13H2,1-2H3,(H,14,15). The van der Waals surface area contributed by atoms with Crippen molar-refractivity contribution in [3.63, 3.8) is 0 Å². The van der Waals surface area contributed by atoms with Gasteiger partial charge < -0.3 is 11.1 Å². The quantitative estimate of drug-likeness (QED) is 0.770. The van der Waals surface area contributed by atoms with E-state index >= 15 is 0 Å². The molecule has 3 N–H and O–H groups in total. The van der Waals surface area contributed by atoms with E-state index in [2.05, 4.69) is 18.3 Å². The fourth-order valence-electron chi connectivity index (χ4n) is 2.34. The van der Waals surface area contributed by atoms with Crippen molar-refractivity contribution in [1.82, 2.24) is 0 Å². The van der Waals surface area contributed by atoms with Crippen LogP contribution in [0.1, 0.15) is 29.0 Å². The Morgan fingerprint density at radius 1 is 1.40 bits per heavy atom. The summed E-state index contributed by atoms with van der Waals surface area (Å²) in [5.41, 5.74) is 9.99. The summed E-state index contributed by atoms with van der Waals surface area (Å²) in [6.45, 7) is 4.64. The summed E-state index contributed by atoms with van der Waals surface area (Å²) in [7, 11) is 0. The van der Waals surface area contributed by atoms with Crippen molar-refractivity contribution in [3.05, 3.63) is 28.8 Å². The van der Waals surface area contributed by atoms with Crippen LogP contribution >= 0.6 is 0 Å². The molecule has 1 aliphatic rings. The van der Waals surface area contributed by atoms with E-state index in [1.165, 1.54) is 11.1 Å². The van der Waals surface area contributed by atoms with Crippen LogP contribution in [0.2, 0.25) is 0 Å². The molecule has 1 aromatic rings. The molecule has 0 saturated carbocycles. The van der Waals surface area contributed by atoms with Gasteiger partial charge in [0.2, 0.25) is 5.91 Å². The lowest BCUT2D eigenvalue weighted by atomic mass is 9.92. The van der Waals surface area contributed by atoms with Crippen LogP contribution in [0.4, 0.5) is 5.69 Å². The predicted molar refractivity (Wildman–Crippen MR) is 61.0 cm³/mol. The molecule has 0 aromatic heterocycles. The number of anilines is 1. The number of fused-ring (bicyclic) bond motifs is 1. The minimum atomic E-state index is -0.0504. The van der Waals surface area contributed by atoms with Crippen LogP contribution in [0.15, 0.2) is 12.1 Å². The first-order chi connectivity index (χ1) is 7.13. The molecule has 1 aromatic carbocycles. The van der Waals surface area contributed by atoms with Gasteiger partial charge >= 0.3 is 0 Å². The Kier molecular flexibility index (Phi) is 2.49. The van der Waals surface area contributed by atoms with E-state index in [9.17, 15) is 4.79 Å². The molecule has 0 radical (unpaired) electrons. The molecule has 1 amide bonds. The van der Waals surface area contributed by atoms with E-state index in [1.54, 1.807) is 0 Å². The second-order valence-corrected chi connectivity index (χ2v) is 4.16. The fraction of sp³-hybridized carbons (Fsp3) is 0.417. The number of nitrogens with one attached hydrogen (secondary N) is 1. The molecular weight excluding hydrogens is 188 g/mol. The number of hydrogen-bond acceptors (Lipinski definition) is 2. The first kappa shape index (κ1) is 10.2. The van der Waals surface area contributed by atoms with E-state index in [0.29, 0.717) is 6.54 Å². The molecule has 1 atom stereocenters. The average Bonchev–Trinajstić information content (AvgIpc) is 2.43. The van der Waals surface area contributed by atoms with Crippen molar-refractivity contribution >= 4 is 11.6 Å². The summed E-state index contributed by atoms with van der Waals surface area (Å²) in [6.07, 6.45) is 0.725. The molecule has 15 heavy (non-hydrogen) atoms. The average molecular weight is 204 g/mol. The first-order valence-electron chi connectivity index (χ1n) is 5.25. The molecule has 3 nitrogen and oxygen atoms in total. The van der Waals surface area contributed by atoms with E-state index in [1.807, 2.05) is 13.0 Å². The predicted octanol–water partition coefficient (Wildman–Crippen LogP) is 1.69. The van der Waals surface area contributed by atoms with E-state index in [0.717, 1.165) is 17.7 Å². The SMILES string of the molecule is Cc1cc(C)c2c(c1)NC(=O)C2CCN. The Morgan fingerprint density at radius 2 is 2.13 bits per heavy atom. The molecule has 1 unspecified atom stereocenters. The number of carbonyl (C=O) groups excluding carboxylic acids is 1. The Hall–Kier alpha value is -1.35. The fourth-order valence-corrected chi connectivity index (χ4v) is 2.34. The van der Waals surface area contributed by atoms with Crippen LogP contribution in [-0.4, -0.2) is 12.5 Å². The van der Waals surface area contributed by atoms with Gasteiger partial charge in [-0.2, -0.15) is 0 Å². The highest BCUT2D eigenvalue weighted by molar-refractivity contribution is 6.03. The van der Waals surface area contributed by atoms with Crippen LogP contribution in [0, 0.1) is 13.8 Å². The normalized spacial score (nSPS) is 18.9. The lowest BCUT2D eigenvalue weighted by molar-refractivity contribution is -0.117. The molecule has 1 aliphatic heterocycles. The molecule has 0 spiro atoms. The van der Waals surface area contributed by atoms with Crippen molar-refractivity contribution in [2.75, 3.05) is 11.9 Å². The molecule has 0 aliphatic carbocycles. The zero-order valence-electron chi connectivity index (χ0n) is 9.13. The van der Waals surface area contributed by atoms with Gasteiger partial charge in [0, 0.05) is 5.69 Å². The topological polar surface area (TPSA) is 55.1 Å². The zero-order valence-corrected chi connectivity index (χ0v) is 9.13. The number of benzene rings is 1. The van der Waals surface area contributed by atoms with Gasteiger partial charge in [-0.1, -0.05) is 6.07 Å². The minimum absolute atomic E-state index is 0.0504. The summed E-state index contributed by atoms with van der Waals surface area (Å²) < 4.78 is 0. The molecule has 0 fully saturated rings. The molecule has 1 heterocycles. The molecule has 0 saturated heterocycles. The number of rotatable bonds is 2. The number of hydrogen-bond donors (Lipinski definition) is 2. The van der Waals surface area contributed by atoms with E-state index < -0.39 is 0 Å². The summed E-state index contributed by atoms with van der Waals surface area (Å²) in [6, 6.07) is 4.14. The summed E-state index contributed by atoms with van der Waals surface area (Å²) in [5, 5.41) is 2.92. The largest absolute Gasteiger partial charge is 0.330 e. The van der Waals surface area contributed by atoms with E-state index in [-0.39, 0.29) is 11.8 Å². The van der Waals surface area contributed by atoms with Crippen LogP contribution in [0.25, 0.3) is 0 Å². The number of aryl methyl sites for hydroxylation is 2. The van der Waals surface area contributed by atoms with Gasteiger partial charge in [0.05, 0.1) is 5.92 Å². The minimum Gasteiger partial charge on any atom is -0.330 e. The highest BCUT2D eigenvalue weighted by Crippen LogP contribution is 2.37. The summed E-state index contributed by atoms with van der Waals surface area (Å²) >= 11 is 0. The lowest BCUT2D eigenvalue weighted by Gasteiger charge is -2.10. The Bertz CT molecular complexity index is 412. The van der Waals surface area contributed by atoms with Gasteiger partial charge in [-0.15, -0.1) is 0 Å². The van der Waals surface area contributed by atoms with E-state index in [4.69, 9.17) is 5.73 Å². The van der Waals surface area contributed by atoms with Gasteiger partial charge in [-0.25, -0.2) is 0 Å². The third-order valence-electron chi connectivity index (χ3n) is 2.91. The Morgan fingerprint density at radius 3 is 2.80 bits per heavy atom. The van der Waals surface area contributed by atoms with Gasteiger partial charge in [0.25, 0.3) is 0 Å². The van der Waals surface area contributed by atoms with Crippen molar-refractivity contribution in [2.45, 2.75) is 26.2 Å². The monoisotopic (exact) mass is 204 g/mol. The van der Waals surface area contributed by atoms with Crippen molar-refractivity contribution < 1.29 is 4.79 Å². The number of amides is 1. The van der Waals surface area contributed by atoms with Gasteiger partial charge in [0.15, 0.2) is 0 Å². The first-order valence-corrected chi connectivity index (χ1v) is 5.25. The van der Waals surface area contributed by atoms with Crippen LogP contribution < -0.4 is 11.1 Å². The zero-order chi connectivity index (χ0) is 11.0. The summed E-state index contributed by atoms with van der Waals surface area (Å²) in [5.74, 6) is 0.0368. The number of carbonyl (C=O) groups is 1. The highest BCUT2D eigenvalue weighted by Gasteiger charge is 2.31. The van der Waals surface area contributed by atoms with Crippen LogP contribution in [0.5, 0.6) is 0 Å². The van der Waals surface area contributed by atoms with Gasteiger partial charge in [-0.05, 0) is 49.6 Å². The molecule has 2 rings (SSSR count). The molecule has 3 heteroatoms. The number of nitrogens with two attached hydrogens (primary N) is 1. The summed E-state index contributed by atoms with van der Waals surface area (Å²) in [4.78, 5) is 11.7. The Labute approximate surface area is 89.7 Å². The Balaban J connectivity index is 2.48. The second-order valence-electron chi connectivity index (χ2n) is 4.16.